The highest BCUT2D eigenvalue weighted by Crippen LogP contribution is 2.24. The molecule has 0 aliphatic carbocycles. The van der Waals surface area contributed by atoms with Crippen LogP contribution in [-0.2, 0) is 0 Å². The largest absolute Gasteiger partial charge is 0.497 e. The number of nitrogens with one attached hydrogen (secondary N) is 1. The molecule has 5 nitrogen and oxygen atoms in total. The maximum atomic E-state index is 11.9. The standard InChI is InChI=1S/C18H16N2O3/c1-22-14-7-3-12(4-8-14)16-11-17(20-18(21)19-16)13-5-9-15(23-2)10-6-13/h3-11H,1-2H3,(H,19,20,21). The van der Waals surface area contributed by atoms with Crippen LogP contribution in [0.15, 0.2) is 59.4 Å². The van der Waals surface area contributed by atoms with Gasteiger partial charge in [0.1, 0.15) is 11.5 Å². The van der Waals surface area contributed by atoms with Crippen LogP contribution >= 0.6 is 0 Å². The van der Waals surface area contributed by atoms with Crippen LogP contribution in [0.2, 0.25) is 0 Å². The molecule has 0 bridgehead atoms. The minimum atomic E-state index is -0.385. The van der Waals surface area contributed by atoms with Gasteiger partial charge in [0.25, 0.3) is 0 Å². The lowest BCUT2D eigenvalue weighted by molar-refractivity contribution is 0.415. The van der Waals surface area contributed by atoms with Crippen molar-refractivity contribution in [1.82, 2.24) is 9.97 Å². The maximum Gasteiger partial charge on any atom is 0.345 e. The van der Waals surface area contributed by atoms with Gasteiger partial charge in [-0.25, -0.2) is 4.79 Å². The van der Waals surface area contributed by atoms with E-state index in [1.807, 2.05) is 54.6 Å². The number of aromatic amines is 1. The second-order valence-electron chi connectivity index (χ2n) is 4.94. The molecule has 2 aromatic carbocycles. The molecule has 0 amide bonds. The predicted molar refractivity (Wildman–Crippen MR) is 88.8 cm³/mol. The van der Waals surface area contributed by atoms with Gasteiger partial charge >= 0.3 is 5.69 Å². The SMILES string of the molecule is COc1ccc(-c2cc(-c3ccc(OC)cc3)[nH]c(=O)n2)cc1. The van der Waals surface area contributed by atoms with Gasteiger partial charge in [0.15, 0.2) is 0 Å². The minimum Gasteiger partial charge on any atom is -0.497 e. The van der Waals surface area contributed by atoms with E-state index in [4.69, 9.17) is 9.47 Å². The van der Waals surface area contributed by atoms with Crippen LogP contribution in [0, 0.1) is 0 Å². The number of nitrogens with zero attached hydrogens (tertiary/aromatic N) is 1. The Kier molecular flexibility index (Phi) is 4.10. The molecule has 1 heterocycles. The number of methoxy groups -OCH3 is 2. The van der Waals surface area contributed by atoms with E-state index in [-0.39, 0.29) is 5.69 Å². The zero-order valence-corrected chi connectivity index (χ0v) is 12.9. The molecule has 1 N–H and O–H groups in total. The molecule has 3 aromatic rings. The van der Waals surface area contributed by atoms with E-state index >= 15 is 0 Å². The van der Waals surface area contributed by atoms with Crippen LogP contribution < -0.4 is 15.2 Å². The molecular weight excluding hydrogens is 292 g/mol. The lowest BCUT2D eigenvalue weighted by Gasteiger charge is -2.07. The number of rotatable bonds is 4. The van der Waals surface area contributed by atoms with Crippen molar-refractivity contribution >= 4 is 0 Å². The number of hydrogen-bond donors (Lipinski definition) is 1. The molecule has 116 valence electrons. The fourth-order valence-electron chi connectivity index (χ4n) is 2.29. The van der Waals surface area contributed by atoms with E-state index in [1.54, 1.807) is 14.2 Å². The van der Waals surface area contributed by atoms with Crippen LogP contribution in [0.1, 0.15) is 0 Å². The van der Waals surface area contributed by atoms with Gasteiger partial charge in [-0.2, -0.15) is 4.98 Å². The molecule has 1 aromatic heterocycles. The van der Waals surface area contributed by atoms with Crippen LogP contribution in [0.3, 0.4) is 0 Å². The number of hydrogen-bond acceptors (Lipinski definition) is 4. The summed E-state index contributed by atoms with van der Waals surface area (Å²) >= 11 is 0. The third-order valence-electron chi connectivity index (χ3n) is 3.53. The van der Waals surface area contributed by atoms with Crippen LogP contribution in [-0.4, -0.2) is 24.2 Å². The molecule has 0 aliphatic rings. The molecule has 5 heteroatoms. The highest BCUT2D eigenvalue weighted by atomic mass is 16.5. The Morgan fingerprint density at radius 1 is 0.826 bits per heavy atom. The summed E-state index contributed by atoms with van der Waals surface area (Å²) < 4.78 is 10.3. The summed E-state index contributed by atoms with van der Waals surface area (Å²) in [4.78, 5) is 18.7. The van der Waals surface area contributed by atoms with Crippen molar-refractivity contribution in [2.24, 2.45) is 0 Å². The van der Waals surface area contributed by atoms with E-state index in [0.717, 1.165) is 22.6 Å². The van der Waals surface area contributed by atoms with Crippen molar-refractivity contribution in [2.75, 3.05) is 14.2 Å². The van der Waals surface area contributed by atoms with Gasteiger partial charge in [-0.1, -0.05) is 0 Å². The Balaban J connectivity index is 2.02. The topological polar surface area (TPSA) is 64.2 Å². The zero-order valence-electron chi connectivity index (χ0n) is 12.9. The van der Waals surface area contributed by atoms with E-state index in [2.05, 4.69) is 9.97 Å². The molecule has 0 radical (unpaired) electrons. The van der Waals surface area contributed by atoms with Crippen LogP contribution in [0.4, 0.5) is 0 Å². The first-order chi connectivity index (χ1) is 11.2. The van der Waals surface area contributed by atoms with E-state index in [0.29, 0.717) is 11.4 Å². The molecule has 3 rings (SSSR count). The minimum absolute atomic E-state index is 0.385. The molecule has 0 aliphatic heterocycles. The monoisotopic (exact) mass is 308 g/mol. The molecule has 0 fully saturated rings. The fourth-order valence-corrected chi connectivity index (χ4v) is 2.29. The molecule has 0 atom stereocenters. The van der Waals surface area contributed by atoms with Gasteiger partial charge in [-0.15, -0.1) is 0 Å². The zero-order chi connectivity index (χ0) is 16.2. The first-order valence-electron chi connectivity index (χ1n) is 7.10. The molecule has 0 spiro atoms. The van der Waals surface area contributed by atoms with Gasteiger partial charge < -0.3 is 14.5 Å². The Labute approximate surface area is 133 Å². The molecule has 23 heavy (non-hydrogen) atoms. The Hall–Kier alpha value is -3.08. The van der Waals surface area contributed by atoms with Gasteiger partial charge in [0.2, 0.25) is 0 Å². The Morgan fingerprint density at radius 2 is 1.35 bits per heavy atom. The lowest BCUT2D eigenvalue weighted by atomic mass is 10.1. The Bertz CT molecular complexity index is 784. The second-order valence-corrected chi connectivity index (χ2v) is 4.94. The van der Waals surface area contributed by atoms with Crippen molar-refractivity contribution in [1.29, 1.82) is 0 Å². The van der Waals surface area contributed by atoms with Gasteiger partial charge in [-0.05, 0) is 60.2 Å². The molecule has 0 saturated heterocycles. The van der Waals surface area contributed by atoms with Crippen molar-refractivity contribution < 1.29 is 9.47 Å². The lowest BCUT2D eigenvalue weighted by Crippen LogP contribution is -2.11. The third kappa shape index (κ3) is 3.23. The normalized spacial score (nSPS) is 10.3. The van der Waals surface area contributed by atoms with Crippen molar-refractivity contribution in [3.63, 3.8) is 0 Å². The highest BCUT2D eigenvalue weighted by Gasteiger charge is 2.06. The summed E-state index contributed by atoms with van der Waals surface area (Å²) in [6.07, 6.45) is 0. The second kappa shape index (κ2) is 6.36. The predicted octanol–water partition coefficient (Wildman–Crippen LogP) is 3.12. The third-order valence-corrected chi connectivity index (χ3v) is 3.53. The summed E-state index contributed by atoms with van der Waals surface area (Å²) in [5.41, 5.74) is 2.68. The maximum absolute atomic E-state index is 11.9. The summed E-state index contributed by atoms with van der Waals surface area (Å²) in [6.45, 7) is 0. The summed E-state index contributed by atoms with van der Waals surface area (Å²) in [6, 6.07) is 16.8. The molecule has 0 saturated carbocycles. The smallest absolute Gasteiger partial charge is 0.345 e. The van der Waals surface area contributed by atoms with Crippen molar-refractivity contribution in [2.45, 2.75) is 0 Å². The molecule has 0 unspecified atom stereocenters. The first kappa shape index (κ1) is 14.8. The molecular formula is C18H16N2O3. The van der Waals surface area contributed by atoms with E-state index < -0.39 is 0 Å². The fraction of sp³-hybridized carbons (Fsp3) is 0.111. The average Bonchev–Trinajstić information content (AvgIpc) is 2.61. The highest BCUT2D eigenvalue weighted by molar-refractivity contribution is 5.68. The van der Waals surface area contributed by atoms with Gasteiger partial charge in [0.05, 0.1) is 25.6 Å². The summed E-state index contributed by atoms with van der Waals surface area (Å²) in [5.74, 6) is 1.52. The van der Waals surface area contributed by atoms with Gasteiger partial charge in [0, 0.05) is 5.56 Å². The number of H-pyrrole nitrogens is 1. The summed E-state index contributed by atoms with van der Waals surface area (Å²) in [7, 11) is 3.23. The first-order valence-corrected chi connectivity index (χ1v) is 7.10. The summed E-state index contributed by atoms with van der Waals surface area (Å²) in [5, 5.41) is 0. The van der Waals surface area contributed by atoms with Crippen LogP contribution in [0.5, 0.6) is 11.5 Å². The average molecular weight is 308 g/mol. The van der Waals surface area contributed by atoms with E-state index in [1.165, 1.54) is 0 Å². The van der Waals surface area contributed by atoms with Crippen LogP contribution in [0.25, 0.3) is 22.5 Å². The van der Waals surface area contributed by atoms with Crippen molar-refractivity contribution in [3.05, 3.63) is 65.1 Å². The number of ether oxygens (including phenoxy) is 2. The van der Waals surface area contributed by atoms with Crippen molar-refractivity contribution in [3.8, 4) is 34.0 Å². The van der Waals surface area contributed by atoms with E-state index in [9.17, 15) is 4.79 Å². The number of benzene rings is 2. The number of aromatic nitrogens is 2. The Morgan fingerprint density at radius 3 is 1.87 bits per heavy atom. The van der Waals surface area contributed by atoms with Gasteiger partial charge in [-0.3, -0.25) is 0 Å². The quantitative estimate of drug-likeness (QED) is 0.804.